The van der Waals surface area contributed by atoms with Crippen LogP contribution in [0.1, 0.15) is 24.1 Å². The molecule has 2 aliphatic heterocycles. The number of benzene rings is 1. The summed E-state index contributed by atoms with van der Waals surface area (Å²) in [5.74, 6) is 2.36. The zero-order chi connectivity index (χ0) is 22.6. The zero-order valence-corrected chi connectivity index (χ0v) is 19.6. The SMILES string of the molecule is COc1ccc2ncc(Cl)c(CCN3CCC(NCc4cc5c(cn4)OCCO5)CC3)c2c1. The van der Waals surface area contributed by atoms with Gasteiger partial charge in [-0.15, -0.1) is 0 Å². The average Bonchev–Trinajstić information content (AvgIpc) is 2.87. The van der Waals surface area contributed by atoms with Crippen molar-refractivity contribution in [3.63, 3.8) is 0 Å². The Hall–Kier alpha value is -2.61. The van der Waals surface area contributed by atoms with E-state index in [0.717, 1.165) is 89.9 Å². The van der Waals surface area contributed by atoms with Gasteiger partial charge in [-0.2, -0.15) is 0 Å². The highest BCUT2D eigenvalue weighted by Crippen LogP contribution is 2.30. The van der Waals surface area contributed by atoms with E-state index in [-0.39, 0.29) is 0 Å². The molecule has 2 aliphatic rings. The molecule has 3 aromatic rings. The summed E-state index contributed by atoms with van der Waals surface area (Å²) in [5, 5.41) is 5.45. The highest BCUT2D eigenvalue weighted by molar-refractivity contribution is 6.32. The maximum atomic E-state index is 6.53. The van der Waals surface area contributed by atoms with Gasteiger partial charge in [-0.25, -0.2) is 0 Å². The average molecular weight is 469 g/mol. The number of rotatable bonds is 7. The summed E-state index contributed by atoms with van der Waals surface area (Å²) in [5.41, 5.74) is 3.08. The summed E-state index contributed by atoms with van der Waals surface area (Å²) in [6.45, 7) is 5.03. The molecule has 1 fully saturated rings. The number of halogens is 1. The van der Waals surface area contributed by atoms with Crippen LogP contribution in [-0.2, 0) is 13.0 Å². The number of pyridine rings is 2. The lowest BCUT2D eigenvalue weighted by Crippen LogP contribution is -2.43. The topological polar surface area (TPSA) is 68.7 Å². The van der Waals surface area contributed by atoms with Gasteiger partial charge in [-0.05, 0) is 56.1 Å². The Morgan fingerprint density at radius 1 is 1.09 bits per heavy atom. The molecule has 0 aliphatic carbocycles. The Morgan fingerprint density at radius 2 is 1.91 bits per heavy atom. The standard InChI is InChI=1S/C25H29ClN4O3/c1-31-19-2-3-23-21(13-19)20(22(26)15-29-23)6-9-30-7-4-17(5-8-30)27-14-18-12-24-25(16-28-18)33-11-10-32-24/h2-3,12-13,15-17,27H,4-11,14H2,1H3. The van der Waals surface area contributed by atoms with E-state index >= 15 is 0 Å². The minimum atomic E-state index is 0.492. The maximum absolute atomic E-state index is 6.53. The van der Waals surface area contributed by atoms with Crippen LogP contribution in [0.15, 0.2) is 36.7 Å². The van der Waals surface area contributed by atoms with Crippen molar-refractivity contribution in [2.75, 3.05) is 40.0 Å². The Kier molecular flexibility index (Phi) is 6.80. The van der Waals surface area contributed by atoms with Crippen molar-refractivity contribution < 1.29 is 14.2 Å². The normalized spacial score (nSPS) is 16.8. The molecule has 5 rings (SSSR count). The molecule has 174 valence electrons. The first-order valence-corrected chi connectivity index (χ1v) is 11.9. The van der Waals surface area contributed by atoms with E-state index in [4.69, 9.17) is 25.8 Å². The second-order valence-corrected chi connectivity index (χ2v) is 8.94. The van der Waals surface area contributed by atoms with E-state index in [1.807, 2.05) is 24.3 Å². The third-order valence-corrected chi connectivity index (χ3v) is 6.78. The van der Waals surface area contributed by atoms with E-state index in [9.17, 15) is 0 Å². The number of ether oxygens (including phenoxy) is 3. The number of nitrogens with one attached hydrogen (secondary N) is 1. The molecule has 2 aromatic heterocycles. The lowest BCUT2D eigenvalue weighted by Gasteiger charge is -2.32. The van der Waals surface area contributed by atoms with Gasteiger partial charge < -0.3 is 24.4 Å². The number of methoxy groups -OCH3 is 1. The molecular formula is C25H29ClN4O3. The van der Waals surface area contributed by atoms with Crippen LogP contribution in [0, 0.1) is 0 Å². The lowest BCUT2D eigenvalue weighted by molar-refractivity contribution is 0.170. The summed E-state index contributed by atoms with van der Waals surface area (Å²) in [6, 6.07) is 8.43. The second-order valence-electron chi connectivity index (χ2n) is 8.53. The molecule has 0 bridgehead atoms. The molecular weight excluding hydrogens is 440 g/mol. The Bertz CT molecular complexity index is 1120. The van der Waals surface area contributed by atoms with E-state index in [2.05, 4.69) is 20.2 Å². The first kappa shape index (κ1) is 22.2. The van der Waals surface area contributed by atoms with Gasteiger partial charge in [0, 0.05) is 36.8 Å². The van der Waals surface area contributed by atoms with Gasteiger partial charge in [0.25, 0.3) is 0 Å². The summed E-state index contributed by atoms with van der Waals surface area (Å²) in [4.78, 5) is 11.5. The quantitative estimate of drug-likeness (QED) is 0.564. The minimum absolute atomic E-state index is 0.492. The predicted octanol–water partition coefficient (Wildman–Crippen LogP) is 3.86. The van der Waals surface area contributed by atoms with Crippen molar-refractivity contribution in [3.05, 3.63) is 52.9 Å². The maximum Gasteiger partial charge on any atom is 0.179 e. The molecule has 0 spiro atoms. The van der Waals surface area contributed by atoms with Crippen molar-refractivity contribution in [1.29, 1.82) is 0 Å². The van der Waals surface area contributed by atoms with E-state index < -0.39 is 0 Å². The molecule has 0 saturated carbocycles. The van der Waals surface area contributed by atoms with Crippen LogP contribution in [0.2, 0.25) is 5.02 Å². The number of hydrogen-bond acceptors (Lipinski definition) is 7. The molecule has 1 saturated heterocycles. The summed E-state index contributed by atoms with van der Waals surface area (Å²) < 4.78 is 16.6. The molecule has 1 N–H and O–H groups in total. The van der Waals surface area contributed by atoms with Gasteiger partial charge >= 0.3 is 0 Å². The van der Waals surface area contributed by atoms with Crippen LogP contribution in [0.4, 0.5) is 0 Å². The van der Waals surface area contributed by atoms with E-state index in [0.29, 0.717) is 19.3 Å². The minimum Gasteiger partial charge on any atom is -0.497 e. The predicted molar refractivity (Wildman–Crippen MR) is 129 cm³/mol. The van der Waals surface area contributed by atoms with Gasteiger partial charge in [0.2, 0.25) is 0 Å². The first-order chi connectivity index (χ1) is 16.2. The van der Waals surface area contributed by atoms with Crippen molar-refractivity contribution in [1.82, 2.24) is 20.2 Å². The number of nitrogens with zero attached hydrogens (tertiary/aromatic N) is 3. The molecule has 8 heteroatoms. The number of likely N-dealkylation sites (tertiary alicyclic amines) is 1. The van der Waals surface area contributed by atoms with Crippen molar-refractivity contribution in [3.8, 4) is 17.2 Å². The third-order valence-electron chi connectivity index (χ3n) is 6.46. The molecule has 0 atom stereocenters. The van der Waals surface area contributed by atoms with Gasteiger partial charge in [0.15, 0.2) is 11.5 Å². The Balaban J connectivity index is 1.13. The molecule has 33 heavy (non-hydrogen) atoms. The summed E-state index contributed by atoms with van der Waals surface area (Å²) in [6.07, 6.45) is 6.64. The van der Waals surface area contributed by atoms with Crippen LogP contribution < -0.4 is 19.5 Å². The molecule has 0 radical (unpaired) electrons. The van der Waals surface area contributed by atoms with Gasteiger partial charge in [0.1, 0.15) is 19.0 Å². The summed E-state index contributed by atoms with van der Waals surface area (Å²) in [7, 11) is 1.68. The van der Waals surface area contributed by atoms with Crippen molar-refractivity contribution >= 4 is 22.5 Å². The zero-order valence-electron chi connectivity index (χ0n) is 18.8. The van der Waals surface area contributed by atoms with Crippen LogP contribution in [0.3, 0.4) is 0 Å². The van der Waals surface area contributed by atoms with Gasteiger partial charge in [-0.3, -0.25) is 9.97 Å². The number of hydrogen-bond donors (Lipinski definition) is 1. The second kappa shape index (κ2) is 10.1. The number of piperidine rings is 1. The first-order valence-electron chi connectivity index (χ1n) is 11.5. The fraction of sp³-hybridized carbons (Fsp3) is 0.440. The van der Waals surface area contributed by atoms with Crippen molar-refractivity contribution in [2.45, 2.75) is 31.8 Å². The van der Waals surface area contributed by atoms with Gasteiger partial charge in [-0.1, -0.05) is 11.6 Å². The van der Waals surface area contributed by atoms with Crippen LogP contribution in [0.25, 0.3) is 10.9 Å². The van der Waals surface area contributed by atoms with Crippen LogP contribution >= 0.6 is 11.6 Å². The Morgan fingerprint density at radius 3 is 2.73 bits per heavy atom. The largest absolute Gasteiger partial charge is 0.497 e. The highest BCUT2D eigenvalue weighted by atomic mass is 35.5. The molecule has 4 heterocycles. The third kappa shape index (κ3) is 5.16. The monoisotopic (exact) mass is 468 g/mol. The molecule has 7 nitrogen and oxygen atoms in total. The fourth-order valence-electron chi connectivity index (χ4n) is 4.55. The smallest absolute Gasteiger partial charge is 0.179 e. The molecule has 1 aromatic carbocycles. The molecule has 0 amide bonds. The summed E-state index contributed by atoms with van der Waals surface area (Å²) >= 11 is 6.53. The highest BCUT2D eigenvalue weighted by Gasteiger charge is 2.20. The molecule has 0 unspecified atom stereocenters. The lowest BCUT2D eigenvalue weighted by atomic mass is 10.0. The van der Waals surface area contributed by atoms with Crippen molar-refractivity contribution in [2.24, 2.45) is 0 Å². The van der Waals surface area contributed by atoms with E-state index in [1.165, 1.54) is 0 Å². The van der Waals surface area contributed by atoms with Gasteiger partial charge in [0.05, 0.1) is 29.5 Å². The van der Waals surface area contributed by atoms with Crippen LogP contribution in [0.5, 0.6) is 17.2 Å². The number of fused-ring (bicyclic) bond motifs is 2. The van der Waals surface area contributed by atoms with E-state index in [1.54, 1.807) is 19.5 Å². The van der Waals surface area contributed by atoms with Crippen LogP contribution in [-0.4, -0.2) is 60.9 Å². The number of aromatic nitrogens is 2. The Labute approximate surface area is 199 Å². The fourth-order valence-corrected chi connectivity index (χ4v) is 4.79.